The molecule has 64 valence electrons. The smallest absolute Gasteiger partial charge is 0.316 e. The van der Waals surface area contributed by atoms with E-state index in [0.29, 0.717) is 0 Å². The predicted molar refractivity (Wildman–Crippen MR) is 48.1 cm³/mol. The average Bonchev–Trinajstić information content (AvgIpc) is 1.87. The number of hydrogen-bond acceptors (Lipinski definition) is 3. The maximum atomic E-state index is 10.9. The van der Waals surface area contributed by atoms with Crippen molar-refractivity contribution in [3.63, 3.8) is 0 Å². The molecule has 11 heavy (non-hydrogen) atoms. The predicted octanol–water partition coefficient (Wildman–Crippen LogP) is 1.50. The number of alkyl halides is 1. The molecule has 5 heteroatoms. The van der Waals surface area contributed by atoms with Crippen LogP contribution in [0.1, 0.15) is 13.8 Å². The minimum atomic E-state index is -0.962. The lowest BCUT2D eigenvalue weighted by Gasteiger charge is -2.04. The van der Waals surface area contributed by atoms with E-state index >= 15 is 0 Å². The van der Waals surface area contributed by atoms with Crippen LogP contribution >= 0.6 is 27.7 Å². The summed E-state index contributed by atoms with van der Waals surface area (Å²) in [6.45, 7) is 3.16. The lowest BCUT2D eigenvalue weighted by atomic mass is 10.5. The Morgan fingerprint density at radius 2 is 1.91 bits per heavy atom. The fourth-order valence-electron chi connectivity index (χ4n) is 0.318. The van der Waals surface area contributed by atoms with Crippen molar-refractivity contribution in [1.29, 1.82) is 0 Å². The second-order valence-electron chi connectivity index (χ2n) is 2.03. The van der Waals surface area contributed by atoms with Crippen LogP contribution in [0.4, 0.5) is 0 Å². The zero-order valence-corrected chi connectivity index (χ0v) is 8.61. The van der Waals surface area contributed by atoms with Gasteiger partial charge in [0.15, 0.2) is 0 Å². The minimum absolute atomic E-state index is 0.153. The summed E-state index contributed by atoms with van der Waals surface area (Å²) in [7, 11) is 0. The summed E-state index contributed by atoms with van der Waals surface area (Å²) in [6.07, 6.45) is 0. The second kappa shape index (κ2) is 4.77. The first-order valence-corrected chi connectivity index (χ1v) is 4.82. The van der Waals surface area contributed by atoms with Crippen LogP contribution in [-0.2, 0) is 9.59 Å². The summed E-state index contributed by atoms with van der Waals surface area (Å²) >= 11 is 3.88. The summed E-state index contributed by atoms with van der Waals surface area (Å²) in [6, 6.07) is 0. The highest BCUT2D eigenvalue weighted by atomic mass is 79.9. The molecule has 0 saturated heterocycles. The van der Waals surface area contributed by atoms with Gasteiger partial charge in [0, 0.05) is 0 Å². The molecule has 0 bridgehead atoms. The van der Waals surface area contributed by atoms with Gasteiger partial charge >= 0.3 is 5.97 Å². The SMILES string of the molecule is CC(Br)C(=O)SC(C)C(=O)O. The molecule has 0 fully saturated rings. The van der Waals surface area contributed by atoms with Crippen LogP contribution in [-0.4, -0.2) is 26.3 Å². The molecular weight excluding hydrogens is 232 g/mol. The van der Waals surface area contributed by atoms with Crippen molar-refractivity contribution in [1.82, 2.24) is 0 Å². The van der Waals surface area contributed by atoms with Crippen molar-refractivity contribution >= 4 is 38.8 Å². The lowest BCUT2D eigenvalue weighted by molar-refractivity contribution is -0.136. The van der Waals surface area contributed by atoms with Crippen molar-refractivity contribution in [2.24, 2.45) is 0 Å². The van der Waals surface area contributed by atoms with Crippen LogP contribution in [0.3, 0.4) is 0 Å². The van der Waals surface area contributed by atoms with Crippen molar-refractivity contribution in [2.45, 2.75) is 23.9 Å². The zero-order valence-electron chi connectivity index (χ0n) is 6.20. The van der Waals surface area contributed by atoms with Gasteiger partial charge in [0.2, 0.25) is 5.12 Å². The Balaban J connectivity index is 3.85. The maximum absolute atomic E-state index is 10.9. The maximum Gasteiger partial charge on any atom is 0.316 e. The highest BCUT2D eigenvalue weighted by Gasteiger charge is 2.18. The van der Waals surface area contributed by atoms with Gasteiger partial charge in [-0.05, 0) is 13.8 Å². The summed E-state index contributed by atoms with van der Waals surface area (Å²) in [5.74, 6) is -0.962. The van der Waals surface area contributed by atoms with Gasteiger partial charge in [-0.3, -0.25) is 9.59 Å². The molecule has 0 aromatic carbocycles. The van der Waals surface area contributed by atoms with Gasteiger partial charge in [0.1, 0.15) is 5.25 Å². The Kier molecular flexibility index (Phi) is 4.76. The van der Waals surface area contributed by atoms with E-state index in [1.54, 1.807) is 6.92 Å². The highest BCUT2D eigenvalue weighted by Crippen LogP contribution is 2.17. The normalized spacial score (nSPS) is 15.5. The molecule has 0 aliphatic carbocycles. The van der Waals surface area contributed by atoms with E-state index in [4.69, 9.17) is 5.11 Å². The zero-order chi connectivity index (χ0) is 9.02. The van der Waals surface area contributed by atoms with E-state index in [0.717, 1.165) is 11.8 Å². The molecule has 0 amide bonds. The molecule has 0 aliphatic rings. The summed E-state index contributed by atoms with van der Waals surface area (Å²) < 4.78 is 0. The Labute approximate surface area is 77.7 Å². The van der Waals surface area contributed by atoms with Gasteiger partial charge in [-0.1, -0.05) is 27.7 Å². The van der Waals surface area contributed by atoms with Crippen LogP contribution in [0, 0.1) is 0 Å². The van der Waals surface area contributed by atoms with Gasteiger partial charge in [0.25, 0.3) is 0 Å². The van der Waals surface area contributed by atoms with Gasteiger partial charge in [-0.15, -0.1) is 0 Å². The molecule has 0 aliphatic heterocycles. The number of thioether (sulfide) groups is 1. The number of carboxylic acid groups (broad SMARTS) is 1. The van der Waals surface area contributed by atoms with Crippen LogP contribution < -0.4 is 0 Å². The molecule has 0 aromatic rings. The molecule has 0 spiro atoms. The topological polar surface area (TPSA) is 54.4 Å². The molecule has 3 nitrogen and oxygen atoms in total. The number of carbonyl (C=O) groups is 2. The summed E-state index contributed by atoms with van der Waals surface area (Å²) in [4.78, 5) is 20.9. The number of rotatable bonds is 3. The number of hydrogen-bond donors (Lipinski definition) is 1. The number of carboxylic acids is 1. The van der Waals surface area contributed by atoms with Gasteiger partial charge in [-0.2, -0.15) is 0 Å². The van der Waals surface area contributed by atoms with E-state index < -0.39 is 11.2 Å². The molecule has 0 radical (unpaired) electrons. The standard InChI is InChI=1S/C6H9BrO3S/c1-3(7)6(10)11-4(2)5(8)9/h3-4H,1-2H3,(H,8,9). The molecular formula is C6H9BrO3S. The van der Waals surface area contributed by atoms with Crippen molar-refractivity contribution in [3.05, 3.63) is 0 Å². The van der Waals surface area contributed by atoms with Crippen LogP contribution in [0.15, 0.2) is 0 Å². The molecule has 0 saturated carbocycles. The fraction of sp³-hybridized carbons (Fsp3) is 0.667. The first kappa shape index (κ1) is 11.0. The average molecular weight is 241 g/mol. The largest absolute Gasteiger partial charge is 0.480 e. The summed E-state index contributed by atoms with van der Waals surface area (Å²) in [5.41, 5.74) is 0. The quantitative estimate of drug-likeness (QED) is 0.761. The Hall–Kier alpha value is -0.0300. The van der Waals surface area contributed by atoms with Gasteiger partial charge < -0.3 is 5.11 Å². The molecule has 2 unspecified atom stereocenters. The Bertz CT molecular complexity index is 169. The number of halogens is 1. The van der Waals surface area contributed by atoms with E-state index in [1.165, 1.54) is 6.92 Å². The minimum Gasteiger partial charge on any atom is -0.480 e. The van der Waals surface area contributed by atoms with Crippen molar-refractivity contribution in [2.75, 3.05) is 0 Å². The second-order valence-corrected chi connectivity index (χ2v) is 4.75. The molecule has 1 N–H and O–H groups in total. The van der Waals surface area contributed by atoms with E-state index in [-0.39, 0.29) is 9.94 Å². The van der Waals surface area contributed by atoms with E-state index in [1.807, 2.05) is 0 Å². The molecule has 0 rings (SSSR count). The third-order valence-corrected chi connectivity index (χ3v) is 2.83. The van der Waals surface area contributed by atoms with Gasteiger partial charge in [-0.25, -0.2) is 0 Å². The van der Waals surface area contributed by atoms with Crippen LogP contribution in [0.5, 0.6) is 0 Å². The van der Waals surface area contributed by atoms with Gasteiger partial charge in [0.05, 0.1) is 4.83 Å². The monoisotopic (exact) mass is 240 g/mol. The third kappa shape index (κ3) is 4.42. The molecule has 2 atom stereocenters. The summed E-state index contributed by atoms with van der Waals surface area (Å²) in [5, 5.41) is 7.61. The first-order chi connectivity index (χ1) is 4.95. The first-order valence-electron chi connectivity index (χ1n) is 3.02. The number of carbonyl (C=O) groups excluding carboxylic acids is 1. The molecule has 0 aromatic heterocycles. The number of aliphatic carboxylic acids is 1. The lowest BCUT2D eigenvalue weighted by Crippen LogP contribution is -2.17. The van der Waals surface area contributed by atoms with Crippen LogP contribution in [0.25, 0.3) is 0 Å². The fourth-order valence-corrected chi connectivity index (χ4v) is 1.28. The van der Waals surface area contributed by atoms with Crippen molar-refractivity contribution in [3.8, 4) is 0 Å². The highest BCUT2D eigenvalue weighted by molar-refractivity contribution is 9.10. The van der Waals surface area contributed by atoms with E-state index in [2.05, 4.69) is 15.9 Å². The Morgan fingerprint density at radius 3 is 2.18 bits per heavy atom. The van der Waals surface area contributed by atoms with Crippen LogP contribution in [0.2, 0.25) is 0 Å². The third-order valence-electron chi connectivity index (χ3n) is 0.965. The molecule has 0 heterocycles. The van der Waals surface area contributed by atoms with Crippen molar-refractivity contribution < 1.29 is 14.7 Å². The Morgan fingerprint density at radius 1 is 1.45 bits per heavy atom. The van der Waals surface area contributed by atoms with E-state index in [9.17, 15) is 9.59 Å².